The van der Waals surface area contributed by atoms with Gasteiger partial charge in [0.15, 0.2) is 0 Å². The van der Waals surface area contributed by atoms with E-state index in [-0.39, 0.29) is 13.2 Å². The number of aliphatic imine (C=N–C) groups is 1. The number of hydrogen-bond donors (Lipinski definition) is 2. The number of nitrogens with zero attached hydrogens (tertiary/aromatic N) is 2. The summed E-state index contributed by atoms with van der Waals surface area (Å²) in [6, 6.07) is 14.4. The lowest BCUT2D eigenvalue weighted by atomic mass is 10.0. The van der Waals surface area contributed by atoms with Gasteiger partial charge in [-0.25, -0.2) is 4.79 Å². The molecule has 162 valence electrons. The van der Waals surface area contributed by atoms with Crippen LogP contribution < -0.4 is 10.2 Å². The topological polar surface area (TPSA) is 118 Å². The van der Waals surface area contributed by atoms with E-state index in [1.165, 1.54) is 7.11 Å². The Bertz CT molecular complexity index is 1010. The number of methoxy groups -OCH3 is 1. The highest BCUT2D eigenvalue weighted by atomic mass is 16.5. The number of carbonyl (C=O) groups excluding carboxylic acids is 2. The zero-order valence-electron chi connectivity index (χ0n) is 17.2. The van der Waals surface area contributed by atoms with E-state index in [1.807, 2.05) is 18.2 Å². The number of para-hydroxylation sites is 1. The van der Waals surface area contributed by atoms with Crippen LogP contribution in [0.25, 0.3) is 0 Å². The van der Waals surface area contributed by atoms with Crippen molar-refractivity contribution in [2.45, 2.75) is 19.7 Å². The lowest BCUT2D eigenvalue weighted by molar-refractivity contribution is -0.136. The average Bonchev–Trinajstić information content (AvgIpc) is 2.84. The number of nitrogens with one attached hydrogen (secondary N) is 1. The van der Waals surface area contributed by atoms with Crippen molar-refractivity contribution in [1.82, 2.24) is 5.32 Å². The fraction of sp³-hybridized carbons (Fsp3) is 0.273. The molecule has 9 nitrogen and oxygen atoms in total. The second kappa shape index (κ2) is 9.86. The van der Waals surface area contributed by atoms with Crippen molar-refractivity contribution in [2.75, 3.05) is 25.2 Å². The van der Waals surface area contributed by atoms with Gasteiger partial charge in [0, 0.05) is 12.7 Å². The van der Waals surface area contributed by atoms with E-state index in [0.717, 1.165) is 10.5 Å². The first-order valence-corrected chi connectivity index (χ1v) is 9.56. The molecule has 0 saturated heterocycles. The molecule has 2 aromatic carbocycles. The zero-order valence-corrected chi connectivity index (χ0v) is 17.2. The van der Waals surface area contributed by atoms with Gasteiger partial charge in [-0.3, -0.25) is 24.8 Å². The van der Waals surface area contributed by atoms with Crippen molar-refractivity contribution in [3.63, 3.8) is 0 Å². The Morgan fingerprint density at radius 2 is 1.87 bits per heavy atom. The lowest BCUT2D eigenvalue weighted by Crippen LogP contribution is -2.49. The predicted molar refractivity (Wildman–Crippen MR) is 113 cm³/mol. The second-order valence-corrected chi connectivity index (χ2v) is 6.91. The van der Waals surface area contributed by atoms with Crippen LogP contribution in [-0.4, -0.2) is 55.2 Å². The molecule has 3 rings (SSSR count). The highest BCUT2D eigenvalue weighted by molar-refractivity contribution is 6.15. The van der Waals surface area contributed by atoms with Gasteiger partial charge >= 0.3 is 12.1 Å². The molecule has 2 aromatic rings. The summed E-state index contributed by atoms with van der Waals surface area (Å²) in [5.74, 6) is -1.87. The number of benzodiazepines with no additional fused rings is 1. The first-order valence-electron chi connectivity index (χ1n) is 9.56. The quantitative estimate of drug-likeness (QED) is 0.702. The van der Waals surface area contributed by atoms with Crippen molar-refractivity contribution in [3.8, 4) is 0 Å². The molecule has 0 bridgehead atoms. The summed E-state index contributed by atoms with van der Waals surface area (Å²) < 4.78 is 10.4. The maximum Gasteiger partial charge on any atom is 0.409 e. The summed E-state index contributed by atoms with van der Waals surface area (Å²) in [7, 11) is 1.48. The molecule has 31 heavy (non-hydrogen) atoms. The third-order valence-electron chi connectivity index (χ3n) is 4.65. The van der Waals surface area contributed by atoms with Gasteiger partial charge in [0.2, 0.25) is 6.17 Å². The minimum atomic E-state index is -1.36. The molecule has 9 heteroatoms. The summed E-state index contributed by atoms with van der Waals surface area (Å²) in [5.41, 5.74) is 2.88. The molecular weight excluding hydrogens is 402 g/mol. The molecule has 0 unspecified atom stereocenters. The molecule has 2 amide bonds. The van der Waals surface area contributed by atoms with E-state index in [0.29, 0.717) is 22.5 Å². The van der Waals surface area contributed by atoms with Crippen molar-refractivity contribution >= 4 is 29.4 Å². The van der Waals surface area contributed by atoms with E-state index >= 15 is 0 Å². The van der Waals surface area contributed by atoms with Crippen LogP contribution in [0.4, 0.5) is 10.5 Å². The van der Waals surface area contributed by atoms with E-state index in [9.17, 15) is 19.5 Å². The minimum absolute atomic E-state index is 0.0143. The number of carbonyl (C=O) groups is 3. The molecule has 2 N–H and O–H groups in total. The highest BCUT2D eigenvalue weighted by Crippen LogP contribution is 2.29. The van der Waals surface area contributed by atoms with Crippen molar-refractivity contribution in [3.05, 3.63) is 65.2 Å². The van der Waals surface area contributed by atoms with Crippen LogP contribution >= 0.6 is 0 Å². The van der Waals surface area contributed by atoms with Crippen molar-refractivity contribution in [2.24, 2.45) is 4.99 Å². The molecule has 1 aliphatic heterocycles. The molecule has 0 fully saturated rings. The molecule has 0 spiro atoms. The molecule has 0 radical (unpaired) electrons. The fourth-order valence-electron chi connectivity index (χ4n) is 3.30. The number of fused-ring (bicyclic) bond motifs is 1. The Kier molecular flexibility index (Phi) is 6.99. The first-order chi connectivity index (χ1) is 14.9. The number of anilines is 1. The lowest BCUT2D eigenvalue weighted by Gasteiger charge is -2.25. The van der Waals surface area contributed by atoms with Gasteiger partial charge in [0.25, 0.3) is 5.91 Å². The molecule has 0 aliphatic carbocycles. The number of ether oxygens (including phenoxy) is 2. The van der Waals surface area contributed by atoms with Crippen LogP contribution in [0.1, 0.15) is 16.7 Å². The first kappa shape index (κ1) is 22.0. The number of amides is 2. The monoisotopic (exact) mass is 425 g/mol. The van der Waals surface area contributed by atoms with E-state index in [4.69, 9.17) is 9.47 Å². The summed E-state index contributed by atoms with van der Waals surface area (Å²) in [4.78, 5) is 42.5. The van der Waals surface area contributed by atoms with E-state index in [2.05, 4.69) is 10.3 Å². The zero-order chi connectivity index (χ0) is 22.4. The van der Waals surface area contributed by atoms with Crippen LogP contribution in [0.2, 0.25) is 0 Å². The van der Waals surface area contributed by atoms with Crippen molar-refractivity contribution in [1.29, 1.82) is 0 Å². The number of carboxylic acids is 1. The van der Waals surface area contributed by atoms with E-state index < -0.39 is 30.7 Å². The maximum absolute atomic E-state index is 13.2. The number of benzene rings is 2. The third kappa shape index (κ3) is 5.26. The Morgan fingerprint density at radius 3 is 2.55 bits per heavy atom. The largest absolute Gasteiger partial charge is 0.480 e. The van der Waals surface area contributed by atoms with Gasteiger partial charge in [-0.1, -0.05) is 48.5 Å². The van der Waals surface area contributed by atoms with Crippen LogP contribution in [0, 0.1) is 6.92 Å². The molecular formula is C22H23N3O6. The molecule has 1 aliphatic rings. The Morgan fingerprint density at radius 1 is 1.13 bits per heavy atom. The Balaban J connectivity index is 1.90. The Hall–Kier alpha value is -3.72. The minimum Gasteiger partial charge on any atom is -0.480 e. The summed E-state index contributed by atoms with van der Waals surface area (Å²) >= 11 is 0. The average molecular weight is 425 g/mol. The van der Waals surface area contributed by atoms with Crippen LogP contribution in [-0.2, 0) is 25.7 Å². The number of aryl methyl sites for hydroxylation is 1. The summed E-state index contributed by atoms with van der Waals surface area (Å²) in [5, 5.41) is 11.8. The van der Waals surface area contributed by atoms with Gasteiger partial charge in [0.1, 0.15) is 13.2 Å². The third-order valence-corrected chi connectivity index (χ3v) is 4.65. The van der Waals surface area contributed by atoms with Gasteiger partial charge in [-0.15, -0.1) is 0 Å². The van der Waals surface area contributed by atoms with E-state index in [1.54, 1.807) is 37.3 Å². The van der Waals surface area contributed by atoms with Crippen LogP contribution in [0.15, 0.2) is 53.5 Å². The standard InChI is InChI=1S/C22H23N3O6/c1-14-7-6-10-16-17(13-30-2)23-20(21(28)25(19(14)16)11-18(26)27)24-22(29)31-12-15-8-4-3-5-9-15/h3-10,20H,11-13H2,1-2H3,(H,24,29)(H,26,27)/t20-/m1/s1. The summed E-state index contributed by atoms with van der Waals surface area (Å²) in [6.45, 7) is 1.28. The van der Waals surface area contributed by atoms with Gasteiger partial charge in [0.05, 0.1) is 18.0 Å². The molecule has 0 aromatic heterocycles. The number of carboxylic acid groups (broad SMARTS) is 1. The van der Waals surface area contributed by atoms with Gasteiger partial charge in [-0.05, 0) is 18.1 Å². The summed E-state index contributed by atoms with van der Waals surface area (Å²) in [6.07, 6.45) is -2.21. The van der Waals surface area contributed by atoms with Gasteiger partial charge < -0.3 is 14.6 Å². The Labute approximate surface area is 179 Å². The second-order valence-electron chi connectivity index (χ2n) is 6.91. The predicted octanol–water partition coefficient (Wildman–Crippen LogP) is 2.11. The molecule has 0 saturated carbocycles. The highest BCUT2D eigenvalue weighted by Gasteiger charge is 2.34. The normalized spacial score (nSPS) is 15.5. The van der Waals surface area contributed by atoms with Gasteiger partial charge in [-0.2, -0.15) is 0 Å². The number of hydrogen-bond acceptors (Lipinski definition) is 6. The maximum atomic E-state index is 13.2. The van der Waals surface area contributed by atoms with Crippen LogP contribution in [0.5, 0.6) is 0 Å². The van der Waals surface area contributed by atoms with Crippen molar-refractivity contribution < 1.29 is 29.0 Å². The number of rotatable bonds is 7. The SMILES string of the molecule is COCC1=N[C@H](NC(=O)OCc2ccccc2)C(=O)N(CC(=O)O)c2c(C)cccc21. The smallest absolute Gasteiger partial charge is 0.409 e. The number of aliphatic carboxylic acids is 1. The van der Waals surface area contributed by atoms with Crippen LogP contribution in [0.3, 0.4) is 0 Å². The molecule has 1 heterocycles. The fourth-order valence-corrected chi connectivity index (χ4v) is 3.30. The number of alkyl carbamates (subject to hydrolysis) is 1. The molecule has 1 atom stereocenters.